The maximum absolute atomic E-state index is 12.5. The molecule has 2 rings (SSSR count). The second kappa shape index (κ2) is 9.23. The Morgan fingerprint density at radius 3 is 2.52 bits per heavy atom. The Balaban J connectivity index is 1.67. The lowest BCUT2D eigenvalue weighted by atomic mass is 9.85. The van der Waals surface area contributed by atoms with Crippen molar-refractivity contribution in [3.05, 3.63) is 0 Å². The SMILES string of the molecule is CC(CC(=O)NCC1CCN(S(=O)(=O)C(F)F)CC1)C1CCCNC1. The summed E-state index contributed by atoms with van der Waals surface area (Å²) in [7, 11) is -4.48. The van der Waals surface area contributed by atoms with Gasteiger partial charge in [0.15, 0.2) is 0 Å². The van der Waals surface area contributed by atoms with E-state index in [1.165, 1.54) is 0 Å². The monoisotopic (exact) mass is 381 g/mol. The zero-order valence-electron chi connectivity index (χ0n) is 14.7. The largest absolute Gasteiger partial charge is 0.356 e. The summed E-state index contributed by atoms with van der Waals surface area (Å²) in [6.07, 6.45) is 3.78. The number of piperidine rings is 2. The van der Waals surface area contributed by atoms with E-state index in [2.05, 4.69) is 17.6 Å². The minimum Gasteiger partial charge on any atom is -0.356 e. The van der Waals surface area contributed by atoms with E-state index in [0.29, 0.717) is 37.6 Å². The highest BCUT2D eigenvalue weighted by atomic mass is 32.2. The van der Waals surface area contributed by atoms with Gasteiger partial charge in [0.2, 0.25) is 5.91 Å². The highest BCUT2D eigenvalue weighted by Crippen LogP contribution is 2.24. The van der Waals surface area contributed by atoms with Gasteiger partial charge in [0.25, 0.3) is 10.0 Å². The molecule has 6 nitrogen and oxygen atoms in total. The van der Waals surface area contributed by atoms with Crippen LogP contribution in [0, 0.1) is 17.8 Å². The van der Waals surface area contributed by atoms with E-state index in [-0.39, 0.29) is 24.9 Å². The second-order valence-corrected chi connectivity index (χ2v) is 9.14. The Kier molecular flexibility index (Phi) is 7.57. The van der Waals surface area contributed by atoms with Gasteiger partial charge in [-0.15, -0.1) is 0 Å². The van der Waals surface area contributed by atoms with E-state index in [1.807, 2.05) is 0 Å². The van der Waals surface area contributed by atoms with Crippen molar-refractivity contribution in [1.82, 2.24) is 14.9 Å². The second-order valence-electron chi connectivity index (χ2n) is 7.24. The van der Waals surface area contributed by atoms with Gasteiger partial charge in [0, 0.05) is 26.1 Å². The zero-order chi connectivity index (χ0) is 18.4. The molecule has 9 heteroatoms. The van der Waals surface area contributed by atoms with Crippen molar-refractivity contribution in [2.24, 2.45) is 17.8 Å². The lowest BCUT2D eigenvalue weighted by Gasteiger charge is -2.31. The maximum Gasteiger partial charge on any atom is 0.350 e. The molecule has 1 amide bonds. The molecule has 0 spiro atoms. The van der Waals surface area contributed by atoms with Gasteiger partial charge in [-0.3, -0.25) is 4.79 Å². The maximum atomic E-state index is 12.5. The zero-order valence-corrected chi connectivity index (χ0v) is 15.5. The van der Waals surface area contributed by atoms with Gasteiger partial charge in [-0.25, -0.2) is 8.42 Å². The van der Waals surface area contributed by atoms with Crippen LogP contribution in [-0.4, -0.2) is 57.1 Å². The summed E-state index contributed by atoms with van der Waals surface area (Å²) < 4.78 is 48.8. The number of alkyl halides is 2. The third-order valence-electron chi connectivity index (χ3n) is 5.39. The highest BCUT2D eigenvalue weighted by Gasteiger charge is 2.34. The molecule has 0 aliphatic carbocycles. The molecule has 0 aromatic carbocycles. The fraction of sp³-hybridized carbons (Fsp3) is 0.938. The first-order chi connectivity index (χ1) is 11.8. The van der Waals surface area contributed by atoms with Crippen LogP contribution in [0.15, 0.2) is 0 Å². The minimum absolute atomic E-state index is 0.0145. The molecule has 2 atom stereocenters. The lowest BCUT2D eigenvalue weighted by Crippen LogP contribution is -2.43. The van der Waals surface area contributed by atoms with E-state index in [4.69, 9.17) is 0 Å². The molecule has 2 saturated heterocycles. The average molecular weight is 381 g/mol. The van der Waals surface area contributed by atoms with Crippen LogP contribution < -0.4 is 10.6 Å². The number of carbonyl (C=O) groups excluding carboxylic acids is 1. The normalized spacial score (nSPS) is 25.0. The van der Waals surface area contributed by atoms with Gasteiger partial charge in [-0.05, 0) is 56.5 Å². The van der Waals surface area contributed by atoms with Gasteiger partial charge in [-0.2, -0.15) is 13.1 Å². The van der Waals surface area contributed by atoms with E-state index >= 15 is 0 Å². The predicted molar refractivity (Wildman–Crippen MR) is 91.6 cm³/mol. The first kappa shape index (κ1) is 20.5. The van der Waals surface area contributed by atoms with Crippen molar-refractivity contribution in [3.8, 4) is 0 Å². The van der Waals surface area contributed by atoms with Crippen LogP contribution in [0.4, 0.5) is 8.78 Å². The summed E-state index contributed by atoms with van der Waals surface area (Å²) in [6.45, 7) is 4.79. The smallest absolute Gasteiger partial charge is 0.350 e. The standard InChI is InChI=1S/C16H29F2N3O3S/c1-12(14-3-2-6-19-11-14)9-15(22)20-10-13-4-7-21(8-5-13)25(23,24)16(17)18/h12-14,16,19H,2-11H2,1H3,(H,20,22). The number of hydrogen-bond acceptors (Lipinski definition) is 4. The number of amides is 1. The number of carbonyl (C=O) groups is 1. The van der Waals surface area contributed by atoms with Crippen LogP contribution >= 0.6 is 0 Å². The Morgan fingerprint density at radius 1 is 1.28 bits per heavy atom. The number of halogens is 2. The summed E-state index contributed by atoms with van der Waals surface area (Å²) in [6, 6.07) is 0. The van der Waals surface area contributed by atoms with Crippen molar-refractivity contribution < 1.29 is 22.0 Å². The topological polar surface area (TPSA) is 78.5 Å². The van der Waals surface area contributed by atoms with Crippen molar-refractivity contribution in [2.75, 3.05) is 32.7 Å². The molecule has 146 valence electrons. The van der Waals surface area contributed by atoms with E-state index in [9.17, 15) is 22.0 Å². The summed E-state index contributed by atoms with van der Waals surface area (Å²) >= 11 is 0. The van der Waals surface area contributed by atoms with Crippen LogP contribution in [0.2, 0.25) is 0 Å². The fourth-order valence-electron chi connectivity index (χ4n) is 3.63. The van der Waals surface area contributed by atoms with Crippen LogP contribution in [0.5, 0.6) is 0 Å². The molecule has 0 aromatic rings. The van der Waals surface area contributed by atoms with Crippen LogP contribution in [0.3, 0.4) is 0 Å². The summed E-state index contributed by atoms with van der Waals surface area (Å²) in [5.74, 6) is -2.35. The number of nitrogens with zero attached hydrogens (tertiary/aromatic N) is 1. The fourth-order valence-corrected chi connectivity index (χ4v) is 4.58. The summed E-state index contributed by atoms with van der Waals surface area (Å²) in [5.41, 5.74) is 0. The first-order valence-electron chi connectivity index (χ1n) is 9.05. The highest BCUT2D eigenvalue weighted by molar-refractivity contribution is 7.89. The molecule has 2 heterocycles. The molecule has 0 aromatic heterocycles. The predicted octanol–water partition coefficient (Wildman–Crippen LogP) is 1.39. The van der Waals surface area contributed by atoms with Crippen molar-refractivity contribution in [1.29, 1.82) is 0 Å². The number of sulfonamides is 1. The van der Waals surface area contributed by atoms with Crippen molar-refractivity contribution >= 4 is 15.9 Å². The number of rotatable bonds is 7. The molecule has 25 heavy (non-hydrogen) atoms. The van der Waals surface area contributed by atoms with Gasteiger partial charge in [-0.1, -0.05) is 6.92 Å². The van der Waals surface area contributed by atoms with Gasteiger partial charge in [0.05, 0.1) is 0 Å². The molecule has 2 aliphatic rings. The molecule has 2 unspecified atom stereocenters. The Morgan fingerprint density at radius 2 is 1.96 bits per heavy atom. The van der Waals surface area contributed by atoms with Crippen molar-refractivity contribution in [3.63, 3.8) is 0 Å². The molecule has 2 fully saturated rings. The van der Waals surface area contributed by atoms with E-state index in [0.717, 1.165) is 30.2 Å². The molecule has 2 aliphatic heterocycles. The molecule has 0 saturated carbocycles. The van der Waals surface area contributed by atoms with Crippen LogP contribution in [-0.2, 0) is 14.8 Å². The summed E-state index contributed by atoms with van der Waals surface area (Å²) in [4.78, 5) is 12.1. The Hall–Kier alpha value is -0.800. The first-order valence-corrected chi connectivity index (χ1v) is 10.6. The van der Waals surface area contributed by atoms with Gasteiger partial charge in [0.1, 0.15) is 0 Å². The third kappa shape index (κ3) is 5.86. The van der Waals surface area contributed by atoms with E-state index in [1.54, 1.807) is 0 Å². The molecule has 2 N–H and O–H groups in total. The molecule has 0 radical (unpaired) electrons. The summed E-state index contributed by atoms with van der Waals surface area (Å²) in [5, 5.41) is 6.28. The third-order valence-corrected chi connectivity index (χ3v) is 6.93. The quantitative estimate of drug-likeness (QED) is 0.699. The van der Waals surface area contributed by atoms with Crippen LogP contribution in [0.25, 0.3) is 0 Å². The molecule has 0 bridgehead atoms. The molecular weight excluding hydrogens is 352 g/mol. The van der Waals surface area contributed by atoms with Crippen LogP contribution in [0.1, 0.15) is 39.0 Å². The van der Waals surface area contributed by atoms with Crippen molar-refractivity contribution in [2.45, 2.75) is 44.8 Å². The van der Waals surface area contributed by atoms with Gasteiger partial charge >= 0.3 is 5.76 Å². The molecular formula is C16H29F2N3O3S. The van der Waals surface area contributed by atoms with E-state index < -0.39 is 15.8 Å². The lowest BCUT2D eigenvalue weighted by molar-refractivity contribution is -0.122. The minimum atomic E-state index is -4.48. The average Bonchev–Trinajstić information content (AvgIpc) is 2.61. The number of hydrogen-bond donors (Lipinski definition) is 2. The van der Waals surface area contributed by atoms with Gasteiger partial charge < -0.3 is 10.6 Å². The number of nitrogens with one attached hydrogen (secondary N) is 2. The Bertz CT molecular complexity index is 531. The Labute approximate surface area is 148 Å².